The lowest BCUT2D eigenvalue weighted by Crippen LogP contribution is -2.10. The maximum absolute atomic E-state index is 6.64. The fourth-order valence-electron chi connectivity index (χ4n) is 7.23. The number of furan rings is 1. The summed E-state index contributed by atoms with van der Waals surface area (Å²) in [4.78, 5) is 2.41. The van der Waals surface area contributed by atoms with Crippen molar-refractivity contribution in [2.45, 2.75) is 0 Å². The van der Waals surface area contributed by atoms with E-state index in [-0.39, 0.29) is 0 Å². The van der Waals surface area contributed by atoms with Gasteiger partial charge in [0.05, 0.1) is 16.8 Å². The van der Waals surface area contributed by atoms with Crippen LogP contribution in [0, 0.1) is 0 Å². The topological polar surface area (TPSA) is 16.4 Å². The van der Waals surface area contributed by atoms with Crippen LogP contribution in [-0.2, 0) is 0 Å². The normalized spacial score (nSPS) is 11.8. The molecule has 0 N–H and O–H groups in total. The molecule has 220 valence electrons. The van der Waals surface area contributed by atoms with Gasteiger partial charge in [0.2, 0.25) is 0 Å². The van der Waals surface area contributed by atoms with Crippen LogP contribution in [0.3, 0.4) is 0 Å². The molecule has 0 aliphatic carbocycles. The fraction of sp³-hybridized carbons (Fsp3) is 0. The van der Waals surface area contributed by atoms with Crippen LogP contribution in [0.2, 0.25) is 0 Å². The summed E-state index contributed by atoms with van der Waals surface area (Å²) in [5.74, 6) is 0. The van der Waals surface area contributed by atoms with Crippen molar-refractivity contribution in [3.8, 4) is 11.1 Å². The average molecular weight is 618 g/mol. The number of thiophene rings is 1. The van der Waals surface area contributed by atoms with E-state index in [0.29, 0.717) is 0 Å². The average Bonchev–Trinajstić information content (AvgIpc) is 3.70. The molecule has 47 heavy (non-hydrogen) atoms. The van der Waals surface area contributed by atoms with Gasteiger partial charge in [-0.2, -0.15) is 0 Å². The number of anilines is 3. The third kappa shape index (κ3) is 4.10. The maximum atomic E-state index is 6.64. The molecule has 0 saturated carbocycles. The molecule has 10 rings (SSSR count). The molecule has 0 atom stereocenters. The SMILES string of the molecule is c1ccc(-c2ccc(N(c3cccc4ccccc34)c3cccc4oc5ccc6c7cc8ccccc8cc7sc6c5c34)cc2)cc1. The van der Waals surface area contributed by atoms with Gasteiger partial charge in [-0.05, 0) is 81.9 Å². The second-order valence-electron chi connectivity index (χ2n) is 12.1. The van der Waals surface area contributed by atoms with E-state index < -0.39 is 0 Å². The highest BCUT2D eigenvalue weighted by Gasteiger charge is 2.23. The molecule has 0 fully saturated rings. The Labute approximate surface area is 275 Å². The number of nitrogens with zero attached hydrogens (tertiary/aromatic N) is 1. The van der Waals surface area contributed by atoms with Crippen LogP contribution in [0.4, 0.5) is 17.1 Å². The van der Waals surface area contributed by atoms with Gasteiger partial charge in [0, 0.05) is 36.6 Å². The highest BCUT2D eigenvalue weighted by Crippen LogP contribution is 2.49. The summed E-state index contributed by atoms with van der Waals surface area (Å²) in [6.45, 7) is 0. The van der Waals surface area contributed by atoms with Crippen LogP contribution in [0.1, 0.15) is 0 Å². The van der Waals surface area contributed by atoms with Gasteiger partial charge in [-0.15, -0.1) is 11.3 Å². The molecule has 0 aliphatic rings. The Morgan fingerprint density at radius 1 is 0.426 bits per heavy atom. The van der Waals surface area contributed by atoms with Gasteiger partial charge < -0.3 is 9.32 Å². The third-order valence-electron chi connectivity index (χ3n) is 9.42. The van der Waals surface area contributed by atoms with Crippen LogP contribution < -0.4 is 4.90 Å². The highest BCUT2D eigenvalue weighted by molar-refractivity contribution is 7.26. The van der Waals surface area contributed by atoms with E-state index in [1.807, 2.05) is 11.3 Å². The van der Waals surface area contributed by atoms with Gasteiger partial charge in [-0.25, -0.2) is 0 Å². The number of rotatable bonds is 4. The van der Waals surface area contributed by atoms with E-state index in [9.17, 15) is 0 Å². The van der Waals surface area contributed by atoms with Crippen LogP contribution >= 0.6 is 11.3 Å². The number of hydrogen-bond acceptors (Lipinski definition) is 3. The second kappa shape index (κ2) is 10.3. The molecule has 10 aromatic rings. The Kier molecular flexibility index (Phi) is 5.78. The molecule has 0 spiro atoms. The van der Waals surface area contributed by atoms with Gasteiger partial charge in [0.25, 0.3) is 0 Å². The second-order valence-corrected chi connectivity index (χ2v) is 13.2. The summed E-state index contributed by atoms with van der Waals surface area (Å²) in [7, 11) is 0. The minimum Gasteiger partial charge on any atom is -0.456 e. The molecule has 0 saturated heterocycles. The number of fused-ring (bicyclic) bond motifs is 9. The summed E-state index contributed by atoms with van der Waals surface area (Å²) in [5.41, 5.74) is 7.52. The van der Waals surface area contributed by atoms with Crippen molar-refractivity contribution in [2.75, 3.05) is 4.90 Å². The smallest absolute Gasteiger partial charge is 0.137 e. The summed E-state index contributed by atoms with van der Waals surface area (Å²) in [5, 5.41) is 9.79. The van der Waals surface area contributed by atoms with Crippen molar-refractivity contribution in [3.63, 3.8) is 0 Å². The van der Waals surface area contributed by atoms with Gasteiger partial charge >= 0.3 is 0 Å². The van der Waals surface area contributed by atoms with Gasteiger partial charge in [-0.3, -0.25) is 0 Å². The molecular weight excluding hydrogens is 591 g/mol. The monoisotopic (exact) mass is 617 g/mol. The Morgan fingerprint density at radius 3 is 1.94 bits per heavy atom. The lowest BCUT2D eigenvalue weighted by Gasteiger charge is -2.27. The predicted octanol–water partition coefficient (Wildman–Crippen LogP) is 13.4. The molecule has 3 heteroatoms. The van der Waals surface area contributed by atoms with Crippen molar-refractivity contribution < 1.29 is 4.42 Å². The molecule has 2 heterocycles. The summed E-state index contributed by atoms with van der Waals surface area (Å²) in [6.07, 6.45) is 0. The van der Waals surface area contributed by atoms with Crippen molar-refractivity contribution >= 4 is 92.1 Å². The van der Waals surface area contributed by atoms with Crippen molar-refractivity contribution in [1.82, 2.24) is 0 Å². The molecule has 8 aromatic carbocycles. The Morgan fingerprint density at radius 2 is 1.09 bits per heavy atom. The van der Waals surface area contributed by atoms with E-state index in [1.54, 1.807) is 0 Å². The van der Waals surface area contributed by atoms with E-state index in [4.69, 9.17) is 4.42 Å². The van der Waals surface area contributed by atoms with Gasteiger partial charge in [-0.1, -0.05) is 109 Å². The lowest BCUT2D eigenvalue weighted by atomic mass is 10.0. The summed E-state index contributed by atoms with van der Waals surface area (Å²) >= 11 is 1.86. The molecule has 2 nitrogen and oxygen atoms in total. The first-order chi connectivity index (χ1) is 23.3. The van der Waals surface area contributed by atoms with Crippen molar-refractivity contribution in [1.29, 1.82) is 0 Å². The van der Waals surface area contributed by atoms with Crippen molar-refractivity contribution in [3.05, 3.63) is 164 Å². The molecule has 2 aromatic heterocycles. The Hall–Kier alpha value is -5.90. The van der Waals surface area contributed by atoms with Crippen LogP contribution in [-0.4, -0.2) is 0 Å². The predicted molar refractivity (Wildman–Crippen MR) is 202 cm³/mol. The van der Waals surface area contributed by atoms with Crippen molar-refractivity contribution in [2.24, 2.45) is 0 Å². The minimum absolute atomic E-state index is 0.888. The summed E-state index contributed by atoms with van der Waals surface area (Å²) in [6, 6.07) is 58.9. The standard InChI is InChI=1S/C44H27NOS/c1-2-10-28(11-3-1)29-20-22-33(23-21-29)45(37-17-8-15-30-12-6-7-16-34(30)37)38-18-9-19-39-42(38)43-40(46-39)25-24-35-36-26-31-13-4-5-14-32(31)27-41(36)47-44(35)43/h1-27H. The Bertz CT molecular complexity index is 2790. The first-order valence-electron chi connectivity index (χ1n) is 15.9. The van der Waals surface area contributed by atoms with Crippen LogP contribution in [0.5, 0.6) is 0 Å². The van der Waals surface area contributed by atoms with Gasteiger partial charge in [0.1, 0.15) is 11.2 Å². The first kappa shape index (κ1) is 26.3. The molecule has 0 amide bonds. The summed E-state index contributed by atoms with van der Waals surface area (Å²) < 4.78 is 9.19. The van der Waals surface area contributed by atoms with E-state index in [1.165, 1.54) is 58.2 Å². The third-order valence-corrected chi connectivity index (χ3v) is 10.6. The van der Waals surface area contributed by atoms with Gasteiger partial charge in [0.15, 0.2) is 0 Å². The van der Waals surface area contributed by atoms with E-state index >= 15 is 0 Å². The zero-order valence-electron chi connectivity index (χ0n) is 25.4. The van der Waals surface area contributed by atoms with Crippen LogP contribution in [0.25, 0.3) is 74.8 Å². The van der Waals surface area contributed by atoms with E-state index in [2.05, 4.69) is 169 Å². The van der Waals surface area contributed by atoms with E-state index in [0.717, 1.165) is 33.6 Å². The maximum Gasteiger partial charge on any atom is 0.137 e. The van der Waals surface area contributed by atoms with Crippen LogP contribution in [0.15, 0.2) is 168 Å². The quantitative estimate of drug-likeness (QED) is 0.195. The molecule has 0 radical (unpaired) electrons. The number of hydrogen-bond donors (Lipinski definition) is 0. The zero-order valence-corrected chi connectivity index (χ0v) is 26.2. The largest absolute Gasteiger partial charge is 0.456 e. The number of benzene rings is 8. The molecular formula is C44H27NOS. The zero-order chi connectivity index (χ0) is 30.9. The fourth-order valence-corrected chi connectivity index (χ4v) is 8.51. The Balaban J connectivity index is 1.28. The lowest BCUT2D eigenvalue weighted by molar-refractivity contribution is 0.669. The molecule has 0 bridgehead atoms. The highest BCUT2D eigenvalue weighted by atomic mass is 32.1. The first-order valence-corrected chi connectivity index (χ1v) is 16.7. The minimum atomic E-state index is 0.888. The molecule has 0 unspecified atom stereocenters. The molecule has 0 aliphatic heterocycles.